The van der Waals surface area contributed by atoms with E-state index in [4.69, 9.17) is 0 Å². The van der Waals surface area contributed by atoms with Gasteiger partial charge in [-0.2, -0.15) is 0 Å². The summed E-state index contributed by atoms with van der Waals surface area (Å²) in [6.45, 7) is 9.01. The number of hydrogen-bond donors (Lipinski definition) is 0. The number of benzene rings is 7. The van der Waals surface area contributed by atoms with Gasteiger partial charge in [0.05, 0.1) is 11.0 Å². The molecule has 0 saturated heterocycles. The molecule has 0 radical (unpaired) electrons. The van der Waals surface area contributed by atoms with Crippen molar-refractivity contribution in [2.75, 3.05) is 0 Å². The van der Waals surface area contributed by atoms with Gasteiger partial charge in [-0.25, -0.2) is 0 Å². The van der Waals surface area contributed by atoms with E-state index >= 15 is 0 Å². The Morgan fingerprint density at radius 3 is 0.979 bits per heavy atom. The summed E-state index contributed by atoms with van der Waals surface area (Å²) >= 11 is 0. The molecule has 0 aliphatic rings. The molecule has 0 N–H and O–H groups in total. The van der Waals surface area contributed by atoms with Gasteiger partial charge in [0.1, 0.15) is 0 Å². The predicted molar refractivity (Wildman–Crippen MR) is 205 cm³/mol. The maximum atomic E-state index is 2.46. The lowest BCUT2D eigenvalue weighted by atomic mass is 9.97. The Morgan fingerprint density at radius 2 is 0.604 bits per heavy atom. The average molecular weight is 617 g/mol. The standard InChI is InChI=1S/C46H36N2/c1-29-31(3)47(37-19-15-35(16-20-37)33-11-7-5-8-12-33)45-39(29)23-25-41-42-26-24-40-30(2)32(4)48(46(40)44(42)28-27-43(41)45)38-21-17-36(18-22-38)34-13-9-6-10-14-34/h5-28H,1-4H3. The van der Waals surface area contributed by atoms with Crippen LogP contribution in [-0.4, -0.2) is 9.13 Å². The molecule has 230 valence electrons. The topological polar surface area (TPSA) is 9.86 Å². The Balaban J connectivity index is 1.25. The van der Waals surface area contributed by atoms with Crippen molar-refractivity contribution >= 4 is 43.4 Å². The minimum Gasteiger partial charge on any atom is -0.313 e. The maximum Gasteiger partial charge on any atom is 0.0612 e. The van der Waals surface area contributed by atoms with Crippen molar-refractivity contribution in [3.8, 4) is 33.6 Å². The zero-order valence-corrected chi connectivity index (χ0v) is 27.8. The van der Waals surface area contributed by atoms with Crippen LogP contribution in [0.1, 0.15) is 22.5 Å². The fraction of sp³-hybridized carbons (Fsp3) is 0.0870. The fourth-order valence-corrected chi connectivity index (χ4v) is 7.85. The van der Waals surface area contributed by atoms with Crippen LogP contribution in [-0.2, 0) is 0 Å². The predicted octanol–water partition coefficient (Wildman–Crippen LogP) is 12.4. The summed E-state index contributed by atoms with van der Waals surface area (Å²) in [6.07, 6.45) is 0. The molecule has 9 aromatic rings. The minimum atomic E-state index is 1.19. The molecule has 48 heavy (non-hydrogen) atoms. The summed E-state index contributed by atoms with van der Waals surface area (Å²) in [5, 5.41) is 7.73. The highest BCUT2D eigenvalue weighted by atomic mass is 15.0. The van der Waals surface area contributed by atoms with E-state index in [-0.39, 0.29) is 0 Å². The SMILES string of the molecule is Cc1c(C)n(-c2ccc(-c3ccccc3)cc2)c2c1ccc1c3ccc4c(C)c(C)n(-c5ccc(-c6ccccc6)cc5)c4c3ccc12. The van der Waals surface area contributed by atoms with Crippen LogP contribution >= 0.6 is 0 Å². The number of fused-ring (bicyclic) bond motifs is 7. The number of aromatic nitrogens is 2. The summed E-state index contributed by atoms with van der Waals surface area (Å²) in [4.78, 5) is 0. The quantitative estimate of drug-likeness (QED) is 0.174. The third-order valence-corrected chi connectivity index (χ3v) is 10.6. The van der Waals surface area contributed by atoms with Crippen molar-refractivity contribution in [2.24, 2.45) is 0 Å². The van der Waals surface area contributed by atoms with E-state index in [9.17, 15) is 0 Å². The van der Waals surface area contributed by atoms with Gasteiger partial charge in [-0.15, -0.1) is 0 Å². The first kappa shape index (κ1) is 28.4. The molecule has 7 aromatic carbocycles. The summed E-state index contributed by atoms with van der Waals surface area (Å²) in [6, 6.07) is 53.3. The smallest absolute Gasteiger partial charge is 0.0612 e. The van der Waals surface area contributed by atoms with E-state index in [1.165, 1.54) is 99.5 Å². The van der Waals surface area contributed by atoms with Crippen molar-refractivity contribution < 1.29 is 0 Å². The lowest BCUT2D eigenvalue weighted by Crippen LogP contribution is -1.98. The molecule has 0 amide bonds. The van der Waals surface area contributed by atoms with Gasteiger partial charge in [0, 0.05) is 44.3 Å². The molecule has 0 aliphatic carbocycles. The van der Waals surface area contributed by atoms with Crippen molar-refractivity contribution in [3.05, 3.63) is 168 Å². The Bertz CT molecular complexity index is 2470. The molecular formula is C46H36N2. The van der Waals surface area contributed by atoms with Gasteiger partial charge in [0.15, 0.2) is 0 Å². The maximum absolute atomic E-state index is 2.46. The van der Waals surface area contributed by atoms with Crippen LogP contribution in [0.5, 0.6) is 0 Å². The molecule has 2 heteroatoms. The van der Waals surface area contributed by atoms with Crippen LogP contribution < -0.4 is 0 Å². The molecule has 0 aliphatic heterocycles. The molecule has 2 heterocycles. The van der Waals surface area contributed by atoms with Crippen LogP contribution in [0.3, 0.4) is 0 Å². The normalized spacial score (nSPS) is 11.8. The van der Waals surface area contributed by atoms with Crippen LogP contribution in [0.4, 0.5) is 0 Å². The van der Waals surface area contributed by atoms with Crippen LogP contribution in [0.25, 0.3) is 77.0 Å². The van der Waals surface area contributed by atoms with Gasteiger partial charge in [-0.3, -0.25) is 0 Å². The zero-order valence-electron chi connectivity index (χ0n) is 27.8. The van der Waals surface area contributed by atoms with Crippen molar-refractivity contribution in [2.45, 2.75) is 27.7 Å². The minimum absolute atomic E-state index is 1.19. The number of hydrogen-bond acceptors (Lipinski definition) is 0. The van der Waals surface area contributed by atoms with Gasteiger partial charge in [-0.05, 0) is 96.1 Å². The van der Waals surface area contributed by atoms with E-state index in [2.05, 4.69) is 182 Å². The Hall–Kier alpha value is -5.86. The molecule has 9 rings (SSSR count). The highest BCUT2D eigenvalue weighted by molar-refractivity contribution is 6.22. The zero-order chi connectivity index (χ0) is 32.5. The molecule has 0 spiro atoms. The molecule has 0 saturated carbocycles. The number of rotatable bonds is 4. The second-order valence-corrected chi connectivity index (χ2v) is 13.1. The summed E-state index contributed by atoms with van der Waals surface area (Å²) < 4.78 is 4.91. The first-order valence-electron chi connectivity index (χ1n) is 16.8. The highest BCUT2D eigenvalue weighted by Crippen LogP contribution is 2.41. The Kier molecular flexibility index (Phi) is 6.42. The first-order valence-corrected chi connectivity index (χ1v) is 16.8. The van der Waals surface area contributed by atoms with Crippen LogP contribution in [0.2, 0.25) is 0 Å². The van der Waals surface area contributed by atoms with Gasteiger partial charge < -0.3 is 9.13 Å². The molecule has 0 fully saturated rings. The van der Waals surface area contributed by atoms with Gasteiger partial charge >= 0.3 is 0 Å². The molecular weight excluding hydrogens is 581 g/mol. The summed E-state index contributed by atoms with van der Waals surface area (Å²) in [5.74, 6) is 0. The first-order chi connectivity index (χ1) is 23.5. The van der Waals surface area contributed by atoms with Crippen molar-refractivity contribution in [3.63, 3.8) is 0 Å². The third kappa shape index (κ3) is 4.19. The molecule has 0 unspecified atom stereocenters. The van der Waals surface area contributed by atoms with Crippen molar-refractivity contribution in [1.29, 1.82) is 0 Å². The largest absolute Gasteiger partial charge is 0.313 e. The Morgan fingerprint density at radius 1 is 0.292 bits per heavy atom. The average Bonchev–Trinajstić information content (AvgIpc) is 3.56. The molecule has 0 bridgehead atoms. The van der Waals surface area contributed by atoms with E-state index < -0.39 is 0 Å². The second-order valence-electron chi connectivity index (χ2n) is 13.1. The number of aryl methyl sites for hydroxylation is 2. The lowest BCUT2D eigenvalue weighted by Gasteiger charge is -2.14. The summed E-state index contributed by atoms with van der Waals surface area (Å²) in [5.41, 5.74) is 15.1. The third-order valence-electron chi connectivity index (χ3n) is 10.6. The van der Waals surface area contributed by atoms with Crippen LogP contribution in [0, 0.1) is 27.7 Å². The summed E-state index contributed by atoms with van der Waals surface area (Å²) in [7, 11) is 0. The van der Waals surface area contributed by atoms with Crippen LogP contribution in [0.15, 0.2) is 146 Å². The van der Waals surface area contributed by atoms with E-state index in [1.807, 2.05) is 0 Å². The molecule has 2 aromatic heterocycles. The molecule has 0 atom stereocenters. The highest BCUT2D eigenvalue weighted by Gasteiger charge is 2.20. The van der Waals surface area contributed by atoms with E-state index in [0.29, 0.717) is 0 Å². The van der Waals surface area contributed by atoms with Crippen molar-refractivity contribution in [1.82, 2.24) is 9.13 Å². The monoisotopic (exact) mass is 616 g/mol. The molecule has 2 nitrogen and oxygen atoms in total. The Labute approximate surface area is 281 Å². The van der Waals surface area contributed by atoms with E-state index in [0.717, 1.165) is 0 Å². The van der Waals surface area contributed by atoms with Gasteiger partial charge in [-0.1, -0.05) is 121 Å². The second kappa shape index (κ2) is 10.9. The van der Waals surface area contributed by atoms with E-state index in [1.54, 1.807) is 0 Å². The van der Waals surface area contributed by atoms with Gasteiger partial charge in [0.2, 0.25) is 0 Å². The fourth-order valence-electron chi connectivity index (χ4n) is 7.85. The number of nitrogens with zero attached hydrogens (tertiary/aromatic N) is 2. The van der Waals surface area contributed by atoms with Gasteiger partial charge in [0.25, 0.3) is 0 Å². The lowest BCUT2D eigenvalue weighted by molar-refractivity contribution is 1.04.